The van der Waals surface area contributed by atoms with Crippen molar-refractivity contribution in [2.24, 2.45) is 0 Å². The van der Waals surface area contributed by atoms with Gasteiger partial charge in [0.15, 0.2) is 11.5 Å². The summed E-state index contributed by atoms with van der Waals surface area (Å²) in [4.78, 5) is 16.9. The number of benzene rings is 1. The summed E-state index contributed by atoms with van der Waals surface area (Å²) in [5.41, 5.74) is 1.41. The van der Waals surface area contributed by atoms with Crippen LogP contribution in [0.25, 0.3) is 11.3 Å². The first kappa shape index (κ1) is 14.6. The lowest BCUT2D eigenvalue weighted by atomic mass is 10.1. The third-order valence-electron chi connectivity index (χ3n) is 2.97. The molecule has 112 valence electrons. The van der Waals surface area contributed by atoms with Crippen molar-refractivity contribution in [1.29, 1.82) is 0 Å². The average molecular weight is 332 g/mol. The predicted molar refractivity (Wildman–Crippen MR) is 86.4 cm³/mol. The molecular weight excluding hydrogens is 320 g/mol. The van der Waals surface area contributed by atoms with Gasteiger partial charge in [-0.1, -0.05) is 6.07 Å². The fraction of sp³-hybridized carbons (Fsp3) is 0.0667. The lowest BCUT2D eigenvalue weighted by Crippen LogP contribution is -2.21. The Bertz CT molecular complexity index is 797. The second-order valence-electron chi connectivity index (χ2n) is 4.49. The molecule has 0 atom stereocenters. The fourth-order valence-corrected chi connectivity index (χ4v) is 3.24. The van der Waals surface area contributed by atoms with Gasteiger partial charge in [-0.15, -0.1) is 22.7 Å². The zero-order valence-electron chi connectivity index (χ0n) is 11.3. The van der Waals surface area contributed by atoms with Crippen LogP contribution < -0.4 is 5.32 Å². The van der Waals surface area contributed by atoms with E-state index in [1.807, 2.05) is 16.8 Å². The second-order valence-corrected chi connectivity index (χ2v) is 6.38. The first-order valence-electron chi connectivity index (χ1n) is 6.42. The first-order chi connectivity index (χ1) is 10.6. The Balaban J connectivity index is 1.68. The van der Waals surface area contributed by atoms with Crippen LogP contribution in [0, 0.1) is 0 Å². The van der Waals surface area contributed by atoms with Crippen molar-refractivity contribution in [3.05, 3.63) is 51.0 Å². The molecule has 0 spiro atoms. The highest BCUT2D eigenvalue weighted by Crippen LogP contribution is 2.31. The number of phenols is 2. The molecule has 0 saturated heterocycles. The van der Waals surface area contributed by atoms with E-state index in [-0.39, 0.29) is 17.4 Å². The van der Waals surface area contributed by atoms with E-state index in [1.54, 1.807) is 12.1 Å². The number of hydrogen-bond donors (Lipinski definition) is 3. The van der Waals surface area contributed by atoms with Crippen LogP contribution in [0.5, 0.6) is 11.5 Å². The second kappa shape index (κ2) is 6.17. The van der Waals surface area contributed by atoms with Crippen LogP contribution in [0.15, 0.2) is 41.1 Å². The van der Waals surface area contributed by atoms with Gasteiger partial charge in [0.1, 0.15) is 5.01 Å². The minimum atomic E-state index is -0.182. The van der Waals surface area contributed by atoms with Crippen molar-refractivity contribution >= 4 is 28.6 Å². The number of aromatic hydroxyl groups is 2. The zero-order valence-corrected chi connectivity index (χ0v) is 12.9. The monoisotopic (exact) mass is 332 g/mol. The molecule has 1 amide bonds. The summed E-state index contributed by atoms with van der Waals surface area (Å²) < 4.78 is 0. The van der Waals surface area contributed by atoms with Crippen molar-refractivity contribution < 1.29 is 15.0 Å². The number of rotatable bonds is 4. The Kier molecular flexibility index (Phi) is 4.08. The SMILES string of the molecule is O=C(NCc1nc(-c2ccc(O)c(O)c2)cs1)c1cccs1. The molecule has 1 aromatic carbocycles. The highest BCUT2D eigenvalue weighted by atomic mass is 32.1. The molecule has 2 heterocycles. The third-order valence-corrected chi connectivity index (χ3v) is 4.69. The maximum absolute atomic E-state index is 11.9. The molecule has 0 radical (unpaired) electrons. The lowest BCUT2D eigenvalue weighted by molar-refractivity contribution is 0.0955. The highest BCUT2D eigenvalue weighted by molar-refractivity contribution is 7.12. The van der Waals surface area contributed by atoms with Crippen molar-refractivity contribution in [3.63, 3.8) is 0 Å². The minimum Gasteiger partial charge on any atom is -0.504 e. The van der Waals surface area contributed by atoms with Crippen molar-refractivity contribution in [2.75, 3.05) is 0 Å². The first-order valence-corrected chi connectivity index (χ1v) is 8.18. The van der Waals surface area contributed by atoms with Gasteiger partial charge in [0.05, 0.1) is 17.1 Å². The summed E-state index contributed by atoms with van der Waals surface area (Å²) >= 11 is 2.82. The Morgan fingerprint density at radius 1 is 1.18 bits per heavy atom. The van der Waals surface area contributed by atoms with Crippen LogP contribution >= 0.6 is 22.7 Å². The maximum atomic E-state index is 11.9. The zero-order chi connectivity index (χ0) is 15.5. The van der Waals surface area contributed by atoms with Gasteiger partial charge in [-0.25, -0.2) is 4.98 Å². The quantitative estimate of drug-likeness (QED) is 0.641. The van der Waals surface area contributed by atoms with Gasteiger partial charge in [0, 0.05) is 10.9 Å². The Morgan fingerprint density at radius 3 is 2.77 bits per heavy atom. The molecule has 0 aliphatic heterocycles. The number of amides is 1. The van der Waals surface area contributed by atoms with Crippen molar-refractivity contribution in [2.45, 2.75) is 6.54 Å². The summed E-state index contributed by atoms with van der Waals surface area (Å²) in [6.45, 7) is 0.353. The summed E-state index contributed by atoms with van der Waals surface area (Å²) in [5, 5.41) is 26.1. The smallest absolute Gasteiger partial charge is 0.261 e. The number of carbonyl (C=O) groups excluding carboxylic acids is 1. The van der Waals surface area contributed by atoms with E-state index in [1.165, 1.54) is 34.8 Å². The largest absolute Gasteiger partial charge is 0.504 e. The molecule has 7 heteroatoms. The standard InChI is InChI=1S/C15H12N2O3S2/c18-11-4-3-9(6-12(11)19)10-8-22-14(17-10)7-16-15(20)13-2-1-5-21-13/h1-6,8,18-19H,7H2,(H,16,20). The van der Waals surface area contributed by atoms with Crippen LogP contribution in [0.1, 0.15) is 14.7 Å². The Hall–Kier alpha value is -2.38. The van der Waals surface area contributed by atoms with Crippen LogP contribution in [0.2, 0.25) is 0 Å². The van der Waals surface area contributed by atoms with E-state index in [9.17, 15) is 15.0 Å². The third kappa shape index (κ3) is 3.10. The van der Waals surface area contributed by atoms with E-state index in [0.717, 1.165) is 5.01 Å². The van der Waals surface area contributed by atoms with Crippen LogP contribution in [0.4, 0.5) is 0 Å². The fourth-order valence-electron chi connectivity index (χ4n) is 1.86. The van der Waals surface area contributed by atoms with Crippen molar-refractivity contribution in [3.8, 4) is 22.8 Å². The maximum Gasteiger partial charge on any atom is 0.261 e. The van der Waals surface area contributed by atoms with Gasteiger partial charge in [-0.05, 0) is 29.6 Å². The molecule has 0 aliphatic carbocycles. The van der Waals surface area contributed by atoms with Gasteiger partial charge >= 0.3 is 0 Å². The molecule has 3 rings (SSSR count). The molecule has 0 unspecified atom stereocenters. The molecule has 2 aromatic heterocycles. The summed E-state index contributed by atoms with van der Waals surface area (Å²) in [6.07, 6.45) is 0. The highest BCUT2D eigenvalue weighted by Gasteiger charge is 2.10. The number of phenolic OH excluding ortho intramolecular Hbond substituents is 2. The summed E-state index contributed by atoms with van der Waals surface area (Å²) in [5.74, 6) is -0.463. The molecule has 5 nitrogen and oxygen atoms in total. The number of aromatic nitrogens is 1. The van der Waals surface area contributed by atoms with Crippen LogP contribution in [-0.2, 0) is 6.54 Å². The van der Waals surface area contributed by atoms with E-state index >= 15 is 0 Å². The lowest BCUT2D eigenvalue weighted by Gasteiger charge is -2.01. The number of nitrogens with one attached hydrogen (secondary N) is 1. The summed E-state index contributed by atoms with van der Waals surface area (Å²) in [6, 6.07) is 8.16. The van der Waals surface area contributed by atoms with E-state index in [4.69, 9.17) is 0 Å². The van der Waals surface area contributed by atoms with E-state index < -0.39 is 0 Å². The molecule has 0 bridgehead atoms. The van der Waals surface area contributed by atoms with Gasteiger partial charge in [0.25, 0.3) is 5.91 Å². The van der Waals surface area contributed by atoms with Gasteiger partial charge in [-0.3, -0.25) is 4.79 Å². The number of thiophene rings is 1. The van der Waals surface area contributed by atoms with Gasteiger partial charge < -0.3 is 15.5 Å². The average Bonchev–Trinajstić information content (AvgIpc) is 3.19. The van der Waals surface area contributed by atoms with E-state index in [0.29, 0.717) is 22.7 Å². The number of carbonyl (C=O) groups is 1. The predicted octanol–water partition coefficient (Wildman–Crippen LogP) is 3.21. The molecule has 22 heavy (non-hydrogen) atoms. The molecule has 0 aliphatic rings. The Morgan fingerprint density at radius 2 is 2.05 bits per heavy atom. The molecular formula is C15H12N2O3S2. The minimum absolute atomic E-state index is 0.117. The topological polar surface area (TPSA) is 82.5 Å². The number of nitrogens with zero attached hydrogens (tertiary/aromatic N) is 1. The molecule has 3 N–H and O–H groups in total. The van der Waals surface area contributed by atoms with Gasteiger partial charge in [-0.2, -0.15) is 0 Å². The Labute approximate surface area is 134 Å². The van der Waals surface area contributed by atoms with Crippen molar-refractivity contribution in [1.82, 2.24) is 10.3 Å². The van der Waals surface area contributed by atoms with Crippen LogP contribution in [-0.4, -0.2) is 21.1 Å². The van der Waals surface area contributed by atoms with Gasteiger partial charge in [0.2, 0.25) is 0 Å². The molecule has 0 saturated carbocycles. The number of thiazole rings is 1. The molecule has 3 aromatic rings. The van der Waals surface area contributed by atoms with Crippen LogP contribution in [0.3, 0.4) is 0 Å². The molecule has 0 fully saturated rings. The summed E-state index contributed by atoms with van der Waals surface area (Å²) in [7, 11) is 0. The van der Waals surface area contributed by atoms with E-state index in [2.05, 4.69) is 10.3 Å². The number of hydrogen-bond acceptors (Lipinski definition) is 6. The normalized spacial score (nSPS) is 10.5.